The van der Waals surface area contributed by atoms with Gasteiger partial charge < -0.3 is 5.32 Å². The normalized spacial score (nSPS) is 22.1. The molecule has 3 rings (SSSR count). The van der Waals surface area contributed by atoms with Crippen LogP contribution in [0.25, 0.3) is 0 Å². The highest BCUT2D eigenvalue weighted by Gasteiger charge is 2.31. The number of quaternary nitrogens is 1. The first kappa shape index (κ1) is 12.8. The second-order valence-electron chi connectivity index (χ2n) is 4.95. The molecule has 1 aliphatic heterocycles. The van der Waals surface area contributed by atoms with Gasteiger partial charge in [-0.3, -0.25) is 4.90 Å². The molecule has 2 heterocycles. The Morgan fingerprint density at radius 1 is 1.20 bits per heavy atom. The predicted molar refractivity (Wildman–Crippen MR) is 76.5 cm³/mol. The van der Waals surface area contributed by atoms with Gasteiger partial charge in [-0.15, -0.1) is 0 Å². The fourth-order valence-corrected chi connectivity index (χ4v) is 2.81. The second-order valence-corrected chi connectivity index (χ2v) is 4.95. The molecule has 0 bridgehead atoms. The van der Waals surface area contributed by atoms with Crippen molar-refractivity contribution in [3.63, 3.8) is 0 Å². The summed E-state index contributed by atoms with van der Waals surface area (Å²) in [6.45, 7) is 2.78. The van der Waals surface area contributed by atoms with E-state index < -0.39 is 0 Å². The molecule has 4 nitrogen and oxygen atoms in total. The lowest BCUT2D eigenvalue weighted by Gasteiger charge is -2.32. The van der Waals surface area contributed by atoms with E-state index in [9.17, 15) is 5.26 Å². The van der Waals surface area contributed by atoms with E-state index in [0.717, 1.165) is 25.5 Å². The molecule has 1 aromatic carbocycles. The zero-order valence-electron chi connectivity index (χ0n) is 11.2. The number of hydrogen-bond donors (Lipinski definition) is 2. The van der Waals surface area contributed by atoms with Gasteiger partial charge in [0, 0.05) is 18.3 Å². The maximum atomic E-state index is 9.29. The molecule has 2 N–H and O–H groups in total. The van der Waals surface area contributed by atoms with Gasteiger partial charge >= 0.3 is 0 Å². The van der Waals surface area contributed by atoms with Gasteiger partial charge in [-0.1, -0.05) is 30.3 Å². The summed E-state index contributed by atoms with van der Waals surface area (Å²) in [7, 11) is 0. The molecule has 0 saturated carbocycles. The third-order valence-corrected chi connectivity index (χ3v) is 3.77. The van der Waals surface area contributed by atoms with Crippen molar-refractivity contribution in [2.75, 3.05) is 19.6 Å². The molecular formula is C16H17N4+. The molecule has 2 unspecified atom stereocenters. The molecule has 2 atom stereocenters. The van der Waals surface area contributed by atoms with E-state index >= 15 is 0 Å². The first-order valence-electron chi connectivity index (χ1n) is 6.87. The van der Waals surface area contributed by atoms with Crippen molar-refractivity contribution in [1.82, 2.24) is 10.3 Å². The number of rotatable bonds is 2. The largest absolute Gasteiger partial charge is 0.306 e. The number of pyridine rings is 1. The summed E-state index contributed by atoms with van der Waals surface area (Å²) in [5.41, 5.74) is 1.95. The van der Waals surface area contributed by atoms with Gasteiger partial charge in [0.25, 0.3) is 0 Å². The molecule has 1 aromatic heterocycles. The summed E-state index contributed by atoms with van der Waals surface area (Å²) < 4.78 is 0. The minimum absolute atomic E-state index is 0.298. The van der Waals surface area contributed by atoms with Gasteiger partial charge in [0.15, 0.2) is 0 Å². The lowest BCUT2D eigenvalue weighted by atomic mass is 10.0. The van der Waals surface area contributed by atoms with Crippen molar-refractivity contribution >= 4 is 5.82 Å². The molecule has 1 aliphatic rings. The van der Waals surface area contributed by atoms with Crippen molar-refractivity contribution in [3.8, 4) is 6.07 Å². The SMILES string of the molecule is N#Cc1cccnc1[NH+]1CCNCC1c1ccccc1. The molecular weight excluding hydrogens is 248 g/mol. The number of benzene rings is 1. The number of piperazine rings is 1. The highest BCUT2D eigenvalue weighted by atomic mass is 15.3. The summed E-state index contributed by atoms with van der Waals surface area (Å²) >= 11 is 0. The molecule has 100 valence electrons. The van der Waals surface area contributed by atoms with Gasteiger partial charge in [0.05, 0.1) is 13.1 Å². The molecule has 0 aliphatic carbocycles. The number of nitrogens with one attached hydrogen (secondary N) is 2. The van der Waals surface area contributed by atoms with Crippen molar-refractivity contribution < 1.29 is 4.90 Å². The van der Waals surface area contributed by atoms with Crippen LogP contribution in [0.5, 0.6) is 0 Å². The van der Waals surface area contributed by atoms with Crippen LogP contribution in [0.1, 0.15) is 17.2 Å². The molecule has 0 amide bonds. The highest BCUT2D eigenvalue weighted by molar-refractivity contribution is 5.42. The third kappa shape index (κ3) is 2.42. The molecule has 1 fully saturated rings. The Balaban J connectivity index is 2.00. The topological polar surface area (TPSA) is 53.1 Å². The lowest BCUT2D eigenvalue weighted by Crippen LogP contribution is -3.11. The van der Waals surface area contributed by atoms with Crippen molar-refractivity contribution in [2.24, 2.45) is 0 Å². The quantitative estimate of drug-likeness (QED) is 0.845. The summed E-state index contributed by atoms with van der Waals surface area (Å²) in [5, 5.41) is 12.7. The predicted octanol–water partition coefficient (Wildman–Crippen LogP) is 0.814. The zero-order valence-corrected chi connectivity index (χ0v) is 11.2. The first-order chi connectivity index (χ1) is 9.90. The summed E-state index contributed by atoms with van der Waals surface area (Å²) in [5.74, 6) is 0.866. The fraction of sp³-hybridized carbons (Fsp3) is 0.250. The van der Waals surface area contributed by atoms with E-state index in [-0.39, 0.29) is 0 Å². The van der Waals surface area contributed by atoms with E-state index in [1.54, 1.807) is 6.20 Å². The van der Waals surface area contributed by atoms with Crippen LogP contribution < -0.4 is 10.2 Å². The Morgan fingerprint density at radius 3 is 2.85 bits per heavy atom. The average molecular weight is 265 g/mol. The van der Waals surface area contributed by atoms with Crippen molar-refractivity contribution in [3.05, 3.63) is 59.8 Å². The molecule has 0 radical (unpaired) electrons. The van der Waals surface area contributed by atoms with Crippen LogP contribution in [0, 0.1) is 11.3 Å². The zero-order chi connectivity index (χ0) is 13.8. The highest BCUT2D eigenvalue weighted by Crippen LogP contribution is 2.14. The number of nitrogens with zero attached hydrogens (tertiary/aromatic N) is 2. The van der Waals surface area contributed by atoms with Crippen LogP contribution >= 0.6 is 0 Å². The second kappa shape index (κ2) is 5.83. The van der Waals surface area contributed by atoms with Crippen LogP contribution in [-0.4, -0.2) is 24.6 Å². The average Bonchev–Trinajstić information content (AvgIpc) is 2.55. The Bertz CT molecular complexity index is 618. The molecule has 20 heavy (non-hydrogen) atoms. The number of hydrogen-bond acceptors (Lipinski definition) is 3. The molecule has 4 heteroatoms. The van der Waals surface area contributed by atoms with E-state index in [1.807, 2.05) is 18.2 Å². The van der Waals surface area contributed by atoms with Gasteiger partial charge in [0.1, 0.15) is 17.7 Å². The minimum atomic E-state index is 0.298. The van der Waals surface area contributed by atoms with Gasteiger partial charge in [-0.25, -0.2) is 4.98 Å². The Morgan fingerprint density at radius 2 is 2.05 bits per heavy atom. The summed E-state index contributed by atoms with van der Waals surface area (Å²) in [6, 6.07) is 16.7. The monoisotopic (exact) mass is 265 g/mol. The fourth-order valence-electron chi connectivity index (χ4n) is 2.81. The van der Waals surface area contributed by atoms with Crippen LogP contribution in [-0.2, 0) is 0 Å². The smallest absolute Gasteiger partial charge is 0.244 e. The van der Waals surface area contributed by atoms with Gasteiger partial charge in [-0.05, 0) is 12.1 Å². The summed E-state index contributed by atoms with van der Waals surface area (Å²) in [4.78, 5) is 5.73. The number of aromatic nitrogens is 1. The first-order valence-corrected chi connectivity index (χ1v) is 6.87. The maximum Gasteiger partial charge on any atom is 0.244 e. The summed E-state index contributed by atoms with van der Waals surface area (Å²) in [6.07, 6.45) is 1.77. The van der Waals surface area contributed by atoms with Crippen molar-refractivity contribution in [1.29, 1.82) is 5.26 Å². The van der Waals surface area contributed by atoms with Crippen LogP contribution in [0.3, 0.4) is 0 Å². The van der Waals surface area contributed by atoms with Crippen LogP contribution in [0.15, 0.2) is 48.7 Å². The van der Waals surface area contributed by atoms with Crippen molar-refractivity contribution in [2.45, 2.75) is 6.04 Å². The van der Waals surface area contributed by atoms with Gasteiger partial charge in [-0.2, -0.15) is 5.26 Å². The Labute approximate surface area is 118 Å². The minimum Gasteiger partial charge on any atom is -0.306 e. The van der Waals surface area contributed by atoms with E-state index in [2.05, 4.69) is 40.6 Å². The Hall–Kier alpha value is -2.22. The van der Waals surface area contributed by atoms with Crippen LogP contribution in [0.2, 0.25) is 0 Å². The molecule has 2 aromatic rings. The molecule has 1 saturated heterocycles. The number of nitriles is 1. The van der Waals surface area contributed by atoms with E-state index in [4.69, 9.17) is 0 Å². The standard InChI is InChI=1S/C16H16N4/c17-11-14-7-4-8-19-16(14)20-10-9-18-12-15(20)13-5-2-1-3-6-13/h1-8,15,18H,9-10,12H2/p+1. The van der Waals surface area contributed by atoms with Gasteiger partial charge in [0.2, 0.25) is 5.82 Å². The van der Waals surface area contributed by atoms with E-state index in [1.165, 1.54) is 10.5 Å². The van der Waals surface area contributed by atoms with Crippen LogP contribution in [0.4, 0.5) is 5.82 Å². The Kier molecular flexibility index (Phi) is 3.73. The third-order valence-electron chi connectivity index (χ3n) is 3.77. The maximum absolute atomic E-state index is 9.29. The van der Waals surface area contributed by atoms with E-state index in [0.29, 0.717) is 11.6 Å². The lowest BCUT2D eigenvalue weighted by molar-refractivity contribution is -0.872. The molecule has 0 spiro atoms.